The molecule has 1 atom stereocenters. The minimum atomic E-state index is -1.06. The summed E-state index contributed by atoms with van der Waals surface area (Å²) in [7, 11) is 0. The number of guanidine groups is 1. The summed E-state index contributed by atoms with van der Waals surface area (Å²) in [6.07, 6.45) is 1.46. The number of hydroxylamine groups is 2. The Hall–Kier alpha value is -0.780. The highest BCUT2D eigenvalue weighted by atomic mass is 16.8. The van der Waals surface area contributed by atoms with E-state index in [4.69, 9.17) is 5.21 Å². The molecule has 2 N–H and O–H groups in total. The Labute approximate surface area is 45.5 Å². The number of rotatable bonds is 0. The molecule has 0 amide bonds. The molecular formula is C3H5N3O2. The van der Waals surface area contributed by atoms with E-state index in [1.807, 2.05) is 0 Å². The van der Waals surface area contributed by atoms with Crippen LogP contribution in [-0.2, 0) is 0 Å². The molecule has 1 rings (SSSR count). The highest BCUT2D eigenvalue weighted by molar-refractivity contribution is 5.87. The van der Waals surface area contributed by atoms with Gasteiger partial charge in [-0.3, -0.25) is 0 Å². The van der Waals surface area contributed by atoms with E-state index in [-0.39, 0.29) is 5.96 Å². The van der Waals surface area contributed by atoms with E-state index in [2.05, 4.69) is 9.98 Å². The number of quaternary nitrogens is 1. The van der Waals surface area contributed by atoms with Crippen molar-refractivity contribution in [1.82, 2.24) is 0 Å². The highest BCUT2D eigenvalue weighted by Crippen LogP contribution is 1.78. The van der Waals surface area contributed by atoms with Gasteiger partial charge in [0.1, 0.15) is 0 Å². The summed E-state index contributed by atoms with van der Waals surface area (Å²) in [6, 6.07) is 0. The normalized spacial score (nSPS) is 21.0. The zero-order valence-electron chi connectivity index (χ0n) is 4.03. The van der Waals surface area contributed by atoms with Crippen LogP contribution in [0.4, 0.5) is 0 Å². The lowest BCUT2D eigenvalue weighted by Gasteiger charge is -2.05. The minimum Gasteiger partial charge on any atom is -0.592 e. The molecule has 0 fully saturated rings. The highest BCUT2D eigenvalue weighted by Gasteiger charge is 2.05. The van der Waals surface area contributed by atoms with Crippen LogP contribution in [0.1, 0.15) is 0 Å². The largest absolute Gasteiger partial charge is 0.592 e. The Bertz CT molecular complexity index is 139. The second kappa shape index (κ2) is 1.99. The molecule has 0 bridgehead atoms. The van der Waals surface area contributed by atoms with Gasteiger partial charge in [0.2, 0.25) is 0 Å². The molecule has 44 valence electrons. The molecule has 0 aromatic rings. The maximum absolute atomic E-state index is 9.96. The molecular weight excluding hydrogens is 110 g/mol. The Morgan fingerprint density at radius 2 is 2.62 bits per heavy atom. The van der Waals surface area contributed by atoms with Crippen LogP contribution in [0.2, 0.25) is 0 Å². The van der Waals surface area contributed by atoms with Crippen LogP contribution < -0.4 is 5.23 Å². The molecule has 0 saturated heterocycles. The van der Waals surface area contributed by atoms with Crippen LogP contribution in [0.25, 0.3) is 0 Å². The van der Waals surface area contributed by atoms with E-state index in [1.165, 1.54) is 6.21 Å². The third kappa shape index (κ3) is 0.890. The molecule has 0 aliphatic carbocycles. The summed E-state index contributed by atoms with van der Waals surface area (Å²) in [4.78, 5) is 6.99. The molecule has 1 aliphatic heterocycles. The van der Waals surface area contributed by atoms with Gasteiger partial charge in [0, 0.05) is 6.21 Å². The molecule has 5 heteroatoms. The Morgan fingerprint density at radius 3 is 2.88 bits per heavy atom. The lowest BCUT2D eigenvalue weighted by atomic mass is 10.8. The molecule has 1 heterocycles. The van der Waals surface area contributed by atoms with E-state index in [1.54, 1.807) is 0 Å². The summed E-state index contributed by atoms with van der Waals surface area (Å²) in [5, 5.41) is 17.1. The summed E-state index contributed by atoms with van der Waals surface area (Å²) >= 11 is 0. The van der Waals surface area contributed by atoms with Crippen LogP contribution in [0.15, 0.2) is 9.98 Å². The fourth-order valence-corrected chi connectivity index (χ4v) is 0.418. The number of aliphatic imine (C=N–C) groups is 2. The topological polar surface area (TPSA) is 72.5 Å². The van der Waals surface area contributed by atoms with Gasteiger partial charge in [-0.1, -0.05) is 0 Å². The first kappa shape index (κ1) is 5.36. The third-order valence-corrected chi connectivity index (χ3v) is 0.728. The average molecular weight is 115 g/mol. The number of hydrogen-bond acceptors (Lipinski definition) is 4. The van der Waals surface area contributed by atoms with Crippen molar-refractivity contribution in [3.8, 4) is 0 Å². The van der Waals surface area contributed by atoms with Gasteiger partial charge in [-0.05, 0) is 0 Å². The molecule has 1 aliphatic rings. The van der Waals surface area contributed by atoms with Gasteiger partial charge in [0.15, 0.2) is 0 Å². The quantitative estimate of drug-likeness (QED) is 0.365. The van der Waals surface area contributed by atoms with Gasteiger partial charge in [0.05, 0.1) is 6.54 Å². The summed E-state index contributed by atoms with van der Waals surface area (Å²) in [6.45, 7) is 0.404. The van der Waals surface area contributed by atoms with Gasteiger partial charge >= 0.3 is 5.96 Å². The monoisotopic (exact) mass is 115 g/mol. The van der Waals surface area contributed by atoms with Crippen molar-refractivity contribution < 1.29 is 10.4 Å². The Kier molecular flexibility index (Phi) is 1.34. The van der Waals surface area contributed by atoms with E-state index < -0.39 is 5.23 Å². The van der Waals surface area contributed by atoms with Crippen molar-refractivity contribution in [3.05, 3.63) is 5.21 Å². The van der Waals surface area contributed by atoms with Crippen LogP contribution in [-0.4, -0.2) is 23.9 Å². The third-order valence-electron chi connectivity index (χ3n) is 0.728. The molecule has 0 radical (unpaired) electrons. The standard InChI is InChI=1S/C3H5N3O2/c7-6(8)3-4-1-2-5-3/h1,6-7H,2H2. The second-order valence-corrected chi connectivity index (χ2v) is 1.28. The SMILES string of the molecule is [O-][NH+](O)C1=NCC=N1. The zero-order valence-corrected chi connectivity index (χ0v) is 4.03. The van der Waals surface area contributed by atoms with E-state index in [0.29, 0.717) is 6.54 Å². The number of nitrogens with zero attached hydrogens (tertiary/aromatic N) is 2. The van der Waals surface area contributed by atoms with Crippen molar-refractivity contribution in [1.29, 1.82) is 0 Å². The lowest BCUT2D eigenvalue weighted by Crippen LogP contribution is -3.07. The van der Waals surface area contributed by atoms with Crippen molar-refractivity contribution in [2.24, 2.45) is 9.98 Å². The van der Waals surface area contributed by atoms with Crippen LogP contribution in [0.5, 0.6) is 0 Å². The smallest absolute Gasteiger partial charge is 0.356 e. The maximum atomic E-state index is 9.96. The van der Waals surface area contributed by atoms with Gasteiger partial charge in [-0.25, -0.2) is 10.2 Å². The second-order valence-electron chi connectivity index (χ2n) is 1.28. The minimum absolute atomic E-state index is 0.0926. The maximum Gasteiger partial charge on any atom is 0.356 e. The molecule has 0 spiro atoms. The van der Waals surface area contributed by atoms with E-state index >= 15 is 0 Å². The summed E-state index contributed by atoms with van der Waals surface area (Å²) < 4.78 is 0. The van der Waals surface area contributed by atoms with Crippen LogP contribution in [0, 0.1) is 5.21 Å². The fourth-order valence-electron chi connectivity index (χ4n) is 0.418. The van der Waals surface area contributed by atoms with Gasteiger partial charge < -0.3 is 5.21 Å². The van der Waals surface area contributed by atoms with Crippen LogP contribution >= 0.6 is 0 Å². The molecule has 0 aromatic carbocycles. The predicted molar refractivity (Wildman–Crippen MR) is 26.9 cm³/mol. The van der Waals surface area contributed by atoms with Crippen molar-refractivity contribution in [2.75, 3.05) is 6.54 Å². The molecule has 5 nitrogen and oxygen atoms in total. The van der Waals surface area contributed by atoms with Gasteiger partial charge in [-0.15, -0.1) is 0 Å². The first-order valence-corrected chi connectivity index (χ1v) is 2.11. The van der Waals surface area contributed by atoms with Crippen molar-refractivity contribution in [3.63, 3.8) is 0 Å². The van der Waals surface area contributed by atoms with Crippen LogP contribution in [0.3, 0.4) is 0 Å². The summed E-state index contributed by atoms with van der Waals surface area (Å²) in [5.74, 6) is -0.0926. The first-order valence-electron chi connectivity index (χ1n) is 2.11. The number of nitrogens with one attached hydrogen (secondary N) is 1. The van der Waals surface area contributed by atoms with Gasteiger partial charge in [0.25, 0.3) is 0 Å². The zero-order chi connectivity index (χ0) is 5.98. The Morgan fingerprint density at radius 1 is 1.88 bits per heavy atom. The van der Waals surface area contributed by atoms with E-state index in [0.717, 1.165) is 0 Å². The van der Waals surface area contributed by atoms with Crippen molar-refractivity contribution >= 4 is 12.2 Å². The fraction of sp³-hybridized carbons (Fsp3) is 0.333. The first-order chi connectivity index (χ1) is 3.80. The lowest BCUT2D eigenvalue weighted by molar-refractivity contribution is -0.969. The summed E-state index contributed by atoms with van der Waals surface area (Å²) in [5.41, 5.74) is 0. The average Bonchev–Trinajstić information content (AvgIpc) is 2.12. The molecule has 0 aromatic heterocycles. The molecule has 0 saturated carbocycles. The van der Waals surface area contributed by atoms with E-state index in [9.17, 15) is 5.21 Å². The molecule has 1 unspecified atom stereocenters. The van der Waals surface area contributed by atoms with Gasteiger partial charge in [-0.2, -0.15) is 10.2 Å². The molecule has 8 heavy (non-hydrogen) atoms. The Balaban J connectivity index is 2.58. The van der Waals surface area contributed by atoms with Crippen molar-refractivity contribution in [2.45, 2.75) is 0 Å². The predicted octanol–water partition coefficient (Wildman–Crippen LogP) is -1.80. The number of hydrogen-bond donors (Lipinski definition) is 2.